The quantitative estimate of drug-likeness (QED) is 0.317. The van der Waals surface area contributed by atoms with Crippen LogP contribution in [0.25, 0.3) is 0 Å². The van der Waals surface area contributed by atoms with E-state index in [9.17, 15) is 4.79 Å². The number of carbonyl (C=O) groups is 1. The first kappa shape index (κ1) is 12.4. The van der Waals surface area contributed by atoms with E-state index >= 15 is 0 Å². The van der Waals surface area contributed by atoms with Crippen molar-refractivity contribution in [2.45, 2.75) is 52.4 Å². The molecular weight excluding hydrogens is 160 g/mol. The summed E-state index contributed by atoms with van der Waals surface area (Å²) in [5, 5.41) is 0. The van der Waals surface area contributed by atoms with E-state index in [1.165, 1.54) is 25.7 Å². The van der Waals surface area contributed by atoms with Crippen LogP contribution >= 0.6 is 0 Å². The summed E-state index contributed by atoms with van der Waals surface area (Å²) >= 11 is 0. The molecule has 0 aliphatic heterocycles. The number of hydrogen-bond donors (Lipinski definition) is 0. The van der Waals surface area contributed by atoms with Gasteiger partial charge in [0, 0.05) is 5.92 Å². The Kier molecular flexibility index (Phi) is 9.07. The lowest BCUT2D eigenvalue weighted by Crippen LogP contribution is -1.97. The summed E-state index contributed by atoms with van der Waals surface area (Å²) in [6, 6.07) is 0. The zero-order valence-electron chi connectivity index (χ0n) is 8.96. The highest BCUT2D eigenvalue weighted by atomic mass is 16.1. The Hall–Kier alpha value is -0.590. The van der Waals surface area contributed by atoms with E-state index in [-0.39, 0.29) is 5.92 Å². The number of hydrogen-bond acceptors (Lipinski definition) is 1. The standard InChI is InChI=1S/C12H22O/c1-3-5-7-8-10-12(11-13)9-6-4-2/h6,9,11-12H,3-5,7-8,10H2,1-2H3/b9-6-. The van der Waals surface area contributed by atoms with Crippen molar-refractivity contribution in [1.29, 1.82) is 0 Å². The molecule has 0 saturated carbocycles. The number of allylic oxidation sites excluding steroid dienone is 2. The molecular formula is C12H22O. The van der Waals surface area contributed by atoms with Crippen molar-refractivity contribution in [2.24, 2.45) is 5.92 Å². The summed E-state index contributed by atoms with van der Waals surface area (Å²) in [6.07, 6.45) is 12.3. The third-order valence-corrected chi connectivity index (χ3v) is 2.18. The predicted octanol–water partition coefficient (Wildman–Crippen LogP) is 3.74. The number of rotatable bonds is 8. The van der Waals surface area contributed by atoms with Crippen LogP contribution in [0.5, 0.6) is 0 Å². The molecule has 0 aromatic carbocycles. The predicted molar refractivity (Wildman–Crippen MR) is 57.7 cm³/mol. The van der Waals surface area contributed by atoms with Gasteiger partial charge in [0.05, 0.1) is 0 Å². The van der Waals surface area contributed by atoms with Crippen molar-refractivity contribution in [3.8, 4) is 0 Å². The lowest BCUT2D eigenvalue weighted by Gasteiger charge is -2.03. The second kappa shape index (κ2) is 9.50. The molecule has 0 heterocycles. The Morgan fingerprint density at radius 1 is 1.15 bits per heavy atom. The molecule has 0 aromatic rings. The fourth-order valence-electron chi connectivity index (χ4n) is 1.33. The fourth-order valence-corrected chi connectivity index (χ4v) is 1.33. The van der Waals surface area contributed by atoms with E-state index < -0.39 is 0 Å². The van der Waals surface area contributed by atoms with Crippen LogP contribution < -0.4 is 0 Å². The van der Waals surface area contributed by atoms with Crippen LogP contribution in [0.3, 0.4) is 0 Å². The smallest absolute Gasteiger partial charge is 0.126 e. The maximum Gasteiger partial charge on any atom is 0.126 e. The summed E-state index contributed by atoms with van der Waals surface area (Å²) in [7, 11) is 0. The van der Waals surface area contributed by atoms with E-state index in [4.69, 9.17) is 0 Å². The van der Waals surface area contributed by atoms with Gasteiger partial charge >= 0.3 is 0 Å². The highest BCUT2D eigenvalue weighted by molar-refractivity contribution is 5.56. The average molecular weight is 182 g/mol. The van der Waals surface area contributed by atoms with Gasteiger partial charge in [-0.25, -0.2) is 0 Å². The van der Waals surface area contributed by atoms with Crippen LogP contribution in [0, 0.1) is 5.92 Å². The molecule has 0 amide bonds. The third kappa shape index (κ3) is 7.76. The van der Waals surface area contributed by atoms with E-state index in [0.717, 1.165) is 19.1 Å². The zero-order chi connectivity index (χ0) is 9.94. The first-order valence-corrected chi connectivity index (χ1v) is 5.47. The van der Waals surface area contributed by atoms with Gasteiger partial charge < -0.3 is 4.79 Å². The second-order valence-electron chi connectivity index (χ2n) is 3.49. The molecule has 0 aromatic heterocycles. The SMILES string of the molecule is CC/C=C\C(C=O)CCCCCC. The van der Waals surface area contributed by atoms with Crippen LogP contribution in [0.15, 0.2) is 12.2 Å². The van der Waals surface area contributed by atoms with Gasteiger partial charge in [-0.05, 0) is 12.8 Å². The van der Waals surface area contributed by atoms with Crippen molar-refractivity contribution >= 4 is 6.29 Å². The molecule has 0 N–H and O–H groups in total. The van der Waals surface area contributed by atoms with Crippen molar-refractivity contribution in [3.63, 3.8) is 0 Å². The molecule has 0 aliphatic carbocycles. The minimum atomic E-state index is 0.164. The Morgan fingerprint density at radius 3 is 2.46 bits per heavy atom. The molecule has 0 spiro atoms. The van der Waals surface area contributed by atoms with Gasteiger partial charge in [-0.2, -0.15) is 0 Å². The van der Waals surface area contributed by atoms with Crippen molar-refractivity contribution in [2.75, 3.05) is 0 Å². The largest absolute Gasteiger partial charge is 0.303 e. The molecule has 0 rings (SSSR count). The Balaban J connectivity index is 3.47. The van der Waals surface area contributed by atoms with Gasteiger partial charge in [0.15, 0.2) is 0 Å². The number of aldehydes is 1. The van der Waals surface area contributed by atoms with Gasteiger partial charge in [-0.15, -0.1) is 0 Å². The molecule has 1 unspecified atom stereocenters. The highest BCUT2D eigenvalue weighted by Gasteiger charge is 2.00. The Morgan fingerprint density at radius 2 is 1.92 bits per heavy atom. The van der Waals surface area contributed by atoms with Crippen LogP contribution in [0.1, 0.15) is 52.4 Å². The van der Waals surface area contributed by atoms with Crippen molar-refractivity contribution in [3.05, 3.63) is 12.2 Å². The molecule has 1 atom stereocenters. The van der Waals surface area contributed by atoms with Crippen LogP contribution in [-0.4, -0.2) is 6.29 Å². The normalized spacial score (nSPS) is 13.4. The number of carbonyl (C=O) groups excluding carboxylic acids is 1. The Bertz CT molecular complexity index is 138. The van der Waals surface area contributed by atoms with E-state index in [1.54, 1.807) is 0 Å². The molecule has 0 saturated heterocycles. The second-order valence-corrected chi connectivity index (χ2v) is 3.49. The first-order valence-electron chi connectivity index (χ1n) is 5.47. The van der Waals surface area contributed by atoms with Gasteiger partial charge in [0.2, 0.25) is 0 Å². The molecule has 0 aliphatic rings. The van der Waals surface area contributed by atoms with Crippen LogP contribution in [-0.2, 0) is 4.79 Å². The van der Waals surface area contributed by atoms with Gasteiger partial charge in [-0.3, -0.25) is 0 Å². The monoisotopic (exact) mass is 182 g/mol. The minimum Gasteiger partial charge on any atom is -0.303 e. The topological polar surface area (TPSA) is 17.1 Å². The molecule has 0 fully saturated rings. The van der Waals surface area contributed by atoms with Gasteiger partial charge in [0.25, 0.3) is 0 Å². The lowest BCUT2D eigenvalue weighted by atomic mass is 10.0. The molecule has 0 bridgehead atoms. The van der Waals surface area contributed by atoms with Crippen molar-refractivity contribution < 1.29 is 4.79 Å². The molecule has 76 valence electrons. The van der Waals surface area contributed by atoms with E-state index in [2.05, 4.69) is 19.9 Å². The Labute approximate surface area is 82.2 Å². The maximum atomic E-state index is 10.6. The zero-order valence-corrected chi connectivity index (χ0v) is 8.96. The summed E-state index contributed by atoms with van der Waals surface area (Å²) in [5.74, 6) is 0.164. The molecule has 1 nitrogen and oxygen atoms in total. The van der Waals surface area contributed by atoms with Gasteiger partial charge in [0.1, 0.15) is 6.29 Å². The van der Waals surface area contributed by atoms with Crippen LogP contribution in [0.2, 0.25) is 0 Å². The minimum absolute atomic E-state index is 0.164. The summed E-state index contributed by atoms with van der Waals surface area (Å²) in [6.45, 7) is 4.30. The molecule has 1 heteroatoms. The fraction of sp³-hybridized carbons (Fsp3) is 0.750. The lowest BCUT2D eigenvalue weighted by molar-refractivity contribution is -0.110. The number of unbranched alkanes of at least 4 members (excludes halogenated alkanes) is 3. The molecule has 13 heavy (non-hydrogen) atoms. The van der Waals surface area contributed by atoms with Crippen molar-refractivity contribution in [1.82, 2.24) is 0 Å². The summed E-state index contributed by atoms with van der Waals surface area (Å²) in [4.78, 5) is 10.6. The summed E-state index contributed by atoms with van der Waals surface area (Å²) in [5.41, 5.74) is 0. The molecule has 0 radical (unpaired) electrons. The van der Waals surface area contributed by atoms with E-state index in [0.29, 0.717) is 0 Å². The third-order valence-electron chi connectivity index (χ3n) is 2.18. The highest BCUT2D eigenvalue weighted by Crippen LogP contribution is 2.10. The average Bonchev–Trinajstić information content (AvgIpc) is 2.17. The maximum absolute atomic E-state index is 10.6. The van der Waals surface area contributed by atoms with E-state index in [1.807, 2.05) is 6.08 Å². The van der Waals surface area contributed by atoms with Crippen LogP contribution in [0.4, 0.5) is 0 Å². The summed E-state index contributed by atoms with van der Waals surface area (Å²) < 4.78 is 0. The van der Waals surface area contributed by atoms with Gasteiger partial charge in [-0.1, -0.05) is 51.7 Å². The first-order chi connectivity index (χ1) is 6.35.